The average Bonchev–Trinajstić information content (AvgIpc) is 2.92. The summed E-state index contributed by atoms with van der Waals surface area (Å²) in [4.78, 5) is 2.34. The molecule has 1 aliphatic rings. The predicted molar refractivity (Wildman–Crippen MR) is 79.3 cm³/mol. The van der Waals surface area contributed by atoms with E-state index in [9.17, 15) is 5.11 Å². The summed E-state index contributed by atoms with van der Waals surface area (Å²) >= 11 is 0. The van der Waals surface area contributed by atoms with Crippen LogP contribution in [0.4, 0.5) is 0 Å². The highest BCUT2D eigenvalue weighted by molar-refractivity contribution is 5.43. The number of likely N-dealkylation sites (tertiary alicyclic amines) is 1. The van der Waals surface area contributed by atoms with Gasteiger partial charge in [0.15, 0.2) is 11.5 Å². The average molecular weight is 279 g/mol. The molecule has 112 valence electrons. The van der Waals surface area contributed by atoms with Gasteiger partial charge in [-0.25, -0.2) is 0 Å². The maximum atomic E-state index is 9.38. The molecule has 0 aromatic heterocycles. The smallest absolute Gasteiger partial charge is 0.161 e. The second kappa shape index (κ2) is 7.50. The molecule has 20 heavy (non-hydrogen) atoms. The van der Waals surface area contributed by atoms with Crippen molar-refractivity contribution in [2.24, 2.45) is 0 Å². The predicted octanol–water partition coefficient (Wildman–Crippen LogP) is 2.44. The molecular weight excluding hydrogens is 254 g/mol. The van der Waals surface area contributed by atoms with Gasteiger partial charge in [-0.3, -0.25) is 4.90 Å². The van der Waals surface area contributed by atoms with E-state index in [4.69, 9.17) is 9.47 Å². The van der Waals surface area contributed by atoms with Crippen LogP contribution in [-0.2, 0) is 6.54 Å². The number of methoxy groups -OCH3 is 1. The Balaban J connectivity index is 2.07. The van der Waals surface area contributed by atoms with E-state index in [2.05, 4.69) is 24.0 Å². The second-order valence-electron chi connectivity index (χ2n) is 5.28. The Morgan fingerprint density at radius 3 is 2.90 bits per heavy atom. The third-order valence-corrected chi connectivity index (χ3v) is 3.79. The molecule has 1 fully saturated rings. The van der Waals surface area contributed by atoms with Gasteiger partial charge in [0, 0.05) is 12.6 Å². The Morgan fingerprint density at radius 1 is 1.35 bits per heavy atom. The van der Waals surface area contributed by atoms with E-state index in [1.807, 2.05) is 6.07 Å². The van der Waals surface area contributed by atoms with Crippen LogP contribution >= 0.6 is 0 Å². The summed E-state index contributed by atoms with van der Waals surface area (Å²) in [6.45, 7) is 4.95. The number of nitrogens with zero attached hydrogens (tertiary/aromatic N) is 1. The van der Waals surface area contributed by atoms with Gasteiger partial charge in [0.05, 0.1) is 20.3 Å². The molecular formula is C16H25NO3. The number of ether oxygens (including phenoxy) is 2. The minimum Gasteiger partial charge on any atom is -0.493 e. The van der Waals surface area contributed by atoms with Crippen molar-refractivity contribution in [3.8, 4) is 11.5 Å². The van der Waals surface area contributed by atoms with Crippen LogP contribution in [0, 0.1) is 0 Å². The fraction of sp³-hybridized carbons (Fsp3) is 0.625. The summed E-state index contributed by atoms with van der Waals surface area (Å²) < 4.78 is 11.1. The molecule has 1 atom stereocenters. The maximum Gasteiger partial charge on any atom is 0.161 e. The van der Waals surface area contributed by atoms with Crippen molar-refractivity contribution >= 4 is 0 Å². The van der Waals surface area contributed by atoms with Crippen molar-refractivity contribution in [1.29, 1.82) is 0 Å². The first kappa shape index (κ1) is 15.1. The lowest BCUT2D eigenvalue weighted by Crippen LogP contribution is -2.31. The Bertz CT molecular complexity index is 422. The standard InChI is InChI=1S/C16H25NO3/c1-3-9-20-16-10-13(6-7-15(16)19-2)11-17-8-4-5-14(17)12-18/h6-7,10,14,18H,3-5,8-9,11-12H2,1-2H3/t14-/m1/s1. The molecule has 2 rings (SSSR count). The topological polar surface area (TPSA) is 41.9 Å². The molecule has 1 aromatic carbocycles. The second-order valence-corrected chi connectivity index (χ2v) is 5.28. The van der Waals surface area contributed by atoms with Crippen LogP contribution in [0.5, 0.6) is 11.5 Å². The van der Waals surface area contributed by atoms with Gasteiger partial charge < -0.3 is 14.6 Å². The first-order valence-corrected chi connectivity index (χ1v) is 7.43. The third-order valence-electron chi connectivity index (χ3n) is 3.79. The molecule has 0 spiro atoms. The fourth-order valence-electron chi connectivity index (χ4n) is 2.69. The quantitative estimate of drug-likeness (QED) is 0.832. The number of aliphatic hydroxyl groups is 1. The Hall–Kier alpha value is -1.26. The zero-order valence-corrected chi connectivity index (χ0v) is 12.5. The summed E-state index contributed by atoms with van der Waals surface area (Å²) in [5, 5.41) is 9.38. The zero-order chi connectivity index (χ0) is 14.4. The molecule has 4 heteroatoms. The molecule has 1 aromatic rings. The summed E-state index contributed by atoms with van der Waals surface area (Å²) in [5.74, 6) is 1.59. The zero-order valence-electron chi connectivity index (χ0n) is 12.5. The summed E-state index contributed by atoms with van der Waals surface area (Å²) in [6.07, 6.45) is 3.23. The van der Waals surface area contributed by atoms with Gasteiger partial charge in [-0.1, -0.05) is 13.0 Å². The lowest BCUT2D eigenvalue weighted by atomic mass is 10.1. The van der Waals surface area contributed by atoms with Gasteiger partial charge >= 0.3 is 0 Å². The Morgan fingerprint density at radius 2 is 2.20 bits per heavy atom. The Labute approximate surface area is 121 Å². The van der Waals surface area contributed by atoms with E-state index in [0.29, 0.717) is 12.6 Å². The van der Waals surface area contributed by atoms with Gasteiger partial charge in [0.2, 0.25) is 0 Å². The van der Waals surface area contributed by atoms with Crippen LogP contribution in [0.15, 0.2) is 18.2 Å². The van der Waals surface area contributed by atoms with Crippen molar-refractivity contribution in [1.82, 2.24) is 4.90 Å². The molecule has 1 saturated heterocycles. The van der Waals surface area contributed by atoms with Crippen LogP contribution in [0.2, 0.25) is 0 Å². The summed E-state index contributed by atoms with van der Waals surface area (Å²) in [7, 11) is 1.66. The highest BCUT2D eigenvalue weighted by atomic mass is 16.5. The summed E-state index contributed by atoms with van der Waals surface area (Å²) in [5.41, 5.74) is 1.21. The first-order valence-electron chi connectivity index (χ1n) is 7.43. The Kier molecular flexibility index (Phi) is 5.68. The molecule has 1 N–H and O–H groups in total. The van der Waals surface area contributed by atoms with Crippen LogP contribution in [0.3, 0.4) is 0 Å². The van der Waals surface area contributed by atoms with E-state index < -0.39 is 0 Å². The van der Waals surface area contributed by atoms with E-state index in [1.54, 1.807) is 7.11 Å². The molecule has 0 aliphatic carbocycles. The fourth-order valence-corrected chi connectivity index (χ4v) is 2.69. The molecule has 0 unspecified atom stereocenters. The van der Waals surface area contributed by atoms with Gasteiger partial charge in [-0.15, -0.1) is 0 Å². The van der Waals surface area contributed by atoms with Crippen molar-refractivity contribution in [3.05, 3.63) is 23.8 Å². The minimum atomic E-state index is 0.245. The van der Waals surface area contributed by atoms with E-state index >= 15 is 0 Å². The van der Waals surface area contributed by atoms with E-state index in [1.165, 1.54) is 12.0 Å². The highest BCUT2D eigenvalue weighted by Crippen LogP contribution is 2.29. The largest absolute Gasteiger partial charge is 0.493 e. The number of hydrogen-bond donors (Lipinski definition) is 1. The molecule has 0 radical (unpaired) electrons. The molecule has 0 saturated carbocycles. The van der Waals surface area contributed by atoms with Crippen molar-refractivity contribution in [3.63, 3.8) is 0 Å². The number of hydrogen-bond acceptors (Lipinski definition) is 4. The van der Waals surface area contributed by atoms with Crippen LogP contribution in [0.25, 0.3) is 0 Å². The first-order chi connectivity index (χ1) is 9.78. The van der Waals surface area contributed by atoms with Gasteiger partial charge in [-0.05, 0) is 43.5 Å². The monoisotopic (exact) mass is 279 g/mol. The minimum absolute atomic E-state index is 0.245. The van der Waals surface area contributed by atoms with Gasteiger partial charge in [0.25, 0.3) is 0 Å². The molecule has 1 heterocycles. The summed E-state index contributed by atoms with van der Waals surface area (Å²) in [6, 6.07) is 6.40. The maximum absolute atomic E-state index is 9.38. The number of aliphatic hydroxyl groups excluding tert-OH is 1. The third kappa shape index (κ3) is 3.64. The van der Waals surface area contributed by atoms with Gasteiger partial charge in [-0.2, -0.15) is 0 Å². The van der Waals surface area contributed by atoms with Crippen molar-refractivity contribution in [2.45, 2.75) is 38.8 Å². The van der Waals surface area contributed by atoms with Crippen molar-refractivity contribution in [2.75, 3.05) is 26.9 Å². The van der Waals surface area contributed by atoms with Crippen LogP contribution < -0.4 is 9.47 Å². The number of benzene rings is 1. The van der Waals surface area contributed by atoms with Crippen molar-refractivity contribution < 1.29 is 14.6 Å². The lowest BCUT2D eigenvalue weighted by molar-refractivity contribution is 0.153. The van der Waals surface area contributed by atoms with Gasteiger partial charge in [0.1, 0.15) is 0 Å². The molecule has 0 bridgehead atoms. The van der Waals surface area contributed by atoms with E-state index in [-0.39, 0.29) is 6.61 Å². The van der Waals surface area contributed by atoms with E-state index in [0.717, 1.165) is 37.4 Å². The molecule has 0 amide bonds. The molecule has 4 nitrogen and oxygen atoms in total. The lowest BCUT2D eigenvalue weighted by Gasteiger charge is -2.23. The highest BCUT2D eigenvalue weighted by Gasteiger charge is 2.23. The van der Waals surface area contributed by atoms with Crippen LogP contribution in [-0.4, -0.2) is 42.9 Å². The normalized spacial score (nSPS) is 19.2. The molecule has 1 aliphatic heterocycles. The number of rotatable bonds is 7. The SMILES string of the molecule is CCCOc1cc(CN2CCC[C@@H]2CO)ccc1OC. The van der Waals surface area contributed by atoms with Crippen LogP contribution in [0.1, 0.15) is 31.7 Å².